The summed E-state index contributed by atoms with van der Waals surface area (Å²) in [5, 5.41) is 7.21. The highest BCUT2D eigenvalue weighted by atomic mass is 19.3. The van der Waals surface area contributed by atoms with Gasteiger partial charge in [0.25, 0.3) is 0 Å². The summed E-state index contributed by atoms with van der Waals surface area (Å²) in [5.41, 5.74) is 1.42. The molecular formula is C14H16F3N3O. The first-order valence-corrected chi connectivity index (χ1v) is 6.42. The maximum absolute atomic E-state index is 13.2. The quantitative estimate of drug-likeness (QED) is 0.891. The van der Waals surface area contributed by atoms with Gasteiger partial charge in [-0.25, -0.2) is 4.39 Å². The van der Waals surface area contributed by atoms with Crippen molar-refractivity contribution in [3.05, 3.63) is 47.5 Å². The molecule has 0 aliphatic carbocycles. The lowest BCUT2D eigenvalue weighted by Gasteiger charge is -2.18. The van der Waals surface area contributed by atoms with Crippen LogP contribution in [0.3, 0.4) is 0 Å². The molecule has 1 aromatic carbocycles. The SMILES string of the molecule is C[C@@H](NCc1ccnn1C)c1ccc(F)cc1OC(F)F. The van der Waals surface area contributed by atoms with E-state index in [0.717, 1.165) is 11.8 Å². The van der Waals surface area contributed by atoms with Gasteiger partial charge in [-0.05, 0) is 19.1 Å². The van der Waals surface area contributed by atoms with E-state index in [1.54, 1.807) is 17.8 Å². The Labute approximate surface area is 120 Å². The van der Waals surface area contributed by atoms with E-state index in [4.69, 9.17) is 0 Å². The second-order valence-electron chi connectivity index (χ2n) is 4.61. The predicted molar refractivity (Wildman–Crippen MR) is 71.5 cm³/mol. The van der Waals surface area contributed by atoms with Crippen LogP contribution in [0.1, 0.15) is 24.2 Å². The first-order chi connectivity index (χ1) is 9.97. The van der Waals surface area contributed by atoms with E-state index in [0.29, 0.717) is 12.1 Å². The van der Waals surface area contributed by atoms with Gasteiger partial charge in [0.05, 0.1) is 5.69 Å². The molecule has 2 aromatic rings. The molecule has 114 valence electrons. The van der Waals surface area contributed by atoms with Gasteiger partial charge in [0.1, 0.15) is 11.6 Å². The van der Waals surface area contributed by atoms with Crippen molar-refractivity contribution < 1.29 is 17.9 Å². The molecule has 0 aliphatic rings. The Hall–Kier alpha value is -2.02. The Bertz CT molecular complexity index is 601. The minimum Gasteiger partial charge on any atom is -0.434 e. The highest BCUT2D eigenvalue weighted by Gasteiger charge is 2.16. The van der Waals surface area contributed by atoms with Crippen molar-refractivity contribution in [2.24, 2.45) is 7.05 Å². The van der Waals surface area contributed by atoms with Crippen LogP contribution in [0.15, 0.2) is 30.5 Å². The number of hydrogen-bond acceptors (Lipinski definition) is 3. The Morgan fingerprint density at radius 3 is 2.71 bits per heavy atom. The second-order valence-corrected chi connectivity index (χ2v) is 4.61. The van der Waals surface area contributed by atoms with Crippen molar-refractivity contribution >= 4 is 0 Å². The summed E-state index contributed by atoms with van der Waals surface area (Å²) < 4.78 is 44.0. The molecule has 0 saturated heterocycles. The van der Waals surface area contributed by atoms with Gasteiger partial charge in [-0.3, -0.25) is 4.68 Å². The maximum Gasteiger partial charge on any atom is 0.387 e. The molecule has 21 heavy (non-hydrogen) atoms. The number of nitrogens with one attached hydrogen (secondary N) is 1. The molecule has 0 radical (unpaired) electrons. The number of halogens is 3. The standard InChI is InChI=1S/C14H16F3N3O/c1-9(18-8-11-5-6-19-20(11)2)12-4-3-10(15)7-13(12)21-14(16)17/h3-7,9,14,18H,8H2,1-2H3/t9-/m1/s1. The molecule has 7 heteroatoms. The number of nitrogens with zero attached hydrogens (tertiary/aromatic N) is 2. The molecule has 1 atom stereocenters. The molecule has 0 bridgehead atoms. The lowest BCUT2D eigenvalue weighted by Crippen LogP contribution is -2.21. The molecule has 1 aromatic heterocycles. The number of ether oxygens (including phenoxy) is 1. The Balaban J connectivity index is 2.11. The summed E-state index contributed by atoms with van der Waals surface area (Å²) in [7, 11) is 1.81. The topological polar surface area (TPSA) is 39.1 Å². The molecule has 0 spiro atoms. The third-order valence-electron chi connectivity index (χ3n) is 3.17. The van der Waals surface area contributed by atoms with Gasteiger partial charge >= 0.3 is 6.61 Å². The van der Waals surface area contributed by atoms with Crippen LogP contribution in [-0.4, -0.2) is 16.4 Å². The van der Waals surface area contributed by atoms with E-state index < -0.39 is 12.4 Å². The molecule has 0 fully saturated rings. The number of benzene rings is 1. The average Bonchev–Trinajstić information content (AvgIpc) is 2.81. The molecule has 1 N–H and O–H groups in total. The second kappa shape index (κ2) is 6.62. The molecule has 2 rings (SSSR count). The molecule has 0 aliphatic heterocycles. The van der Waals surface area contributed by atoms with E-state index in [1.807, 2.05) is 13.1 Å². The van der Waals surface area contributed by atoms with Crippen molar-refractivity contribution in [2.75, 3.05) is 0 Å². The average molecular weight is 299 g/mol. The first kappa shape index (κ1) is 15.4. The minimum absolute atomic E-state index is 0.157. The lowest BCUT2D eigenvalue weighted by molar-refractivity contribution is -0.0508. The summed E-state index contributed by atoms with van der Waals surface area (Å²) in [6.45, 7) is -0.694. The molecular weight excluding hydrogens is 283 g/mol. The van der Waals surface area contributed by atoms with Crippen LogP contribution >= 0.6 is 0 Å². The maximum atomic E-state index is 13.2. The molecule has 0 amide bonds. The van der Waals surface area contributed by atoms with E-state index in [9.17, 15) is 13.2 Å². The van der Waals surface area contributed by atoms with E-state index in [-0.39, 0.29) is 11.8 Å². The zero-order valence-corrected chi connectivity index (χ0v) is 11.7. The highest BCUT2D eigenvalue weighted by molar-refractivity contribution is 5.36. The Morgan fingerprint density at radius 2 is 2.10 bits per heavy atom. The third-order valence-corrected chi connectivity index (χ3v) is 3.17. The Morgan fingerprint density at radius 1 is 1.33 bits per heavy atom. The summed E-state index contributed by atoms with van der Waals surface area (Å²) >= 11 is 0. The van der Waals surface area contributed by atoms with Gasteiger partial charge in [0.2, 0.25) is 0 Å². The van der Waals surface area contributed by atoms with Crippen molar-refractivity contribution in [3.63, 3.8) is 0 Å². The number of rotatable bonds is 6. The fraction of sp³-hybridized carbons (Fsp3) is 0.357. The van der Waals surface area contributed by atoms with Crippen LogP contribution in [0, 0.1) is 5.82 Å². The number of hydrogen-bond donors (Lipinski definition) is 1. The van der Waals surface area contributed by atoms with Crippen molar-refractivity contribution in [1.29, 1.82) is 0 Å². The molecule has 0 saturated carbocycles. The molecule has 1 heterocycles. The van der Waals surface area contributed by atoms with E-state index >= 15 is 0 Å². The van der Waals surface area contributed by atoms with Gasteiger partial charge in [-0.2, -0.15) is 13.9 Å². The Kier molecular flexibility index (Phi) is 4.85. The van der Waals surface area contributed by atoms with E-state index in [2.05, 4.69) is 15.2 Å². The molecule has 0 unspecified atom stereocenters. The smallest absolute Gasteiger partial charge is 0.387 e. The van der Waals surface area contributed by atoms with Crippen LogP contribution < -0.4 is 10.1 Å². The summed E-state index contributed by atoms with van der Waals surface area (Å²) in [4.78, 5) is 0. The predicted octanol–water partition coefficient (Wildman–Crippen LogP) is 3.01. The van der Waals surface area contributed by atoms with E-state index in [1.165, 1.54) is 12.1 Å². The van der Waals surface area contributed by atoms with Crippen LogP contribution in [0.2, 0.25) is 0 Å². The summed E-state index contributed by atoms with van der Waals surface area (Å²) in [5.74, 6) is -0.775. The lowest BCUT2D eigenvalue weighted by atomic mass is 10.1. The van der Waals surface area contributed by atoms with Crippen molar-refractivity contribution in [1.82, 2.24) is 15.1 Å². The first-order valence-electron chi connectivity index (χ1n) is 6.42. The van der Waals surface area contributed by atoms with Crippen LogP contribution in [-0.2, 0) is 13.6 Å². The van der Waals surface area contributed by atoms with Gasteiger partial charge < -0.3 is 10.1 Å². The highest BCUT2D eigenvalue weighted by Crippen LogP contribution is 2.27. The summed E-state index contributed by atoms with van der Waals surface area (Å²) in [6, 6.07) is 5.18. The zero-order valence-electron chi connectivity index (χ0n) is 11.7. The monoisotopic (exact) mass is 299 g/mol. The van der Waals surface area contributed by atoms with Crippen LogP contribution in [0.4, 0.5) is 13.2 Å². The van der Waals surface area contributed by atoms with Gasteiger partial charge in [-0.15, -0.1) is 0 Å². The van der Waals surface area contributed by atoms with Crippen molar-refractivity contribution in [3.8, 4) is 5.75 Å². The number of aryl methyl sites for hydroxylation is 1. The minimum atomic E-state index is -2.99. The summed E-state index contributed by atoms with van der Waals surface area (Å²) in [6.07, 6.45) is 1.67. The van der Waals surface area contributed by atoms with Crippen LogP contribution in [0.25, 0.3) is 0 Å². The fourth-order valence-corrected chi connectivity index (χ4v) is 2.01. The van der Waals surface area contributed by atoms with Crippen LogP contribution in [0.5, 0.6) is 5.75 Å². The normalized spacial score (nSPS) is 12.7. The van der Waals surface area contributed by atoms with Gasteiger partial charge in [0, 0.05) is 37.5 Å². The number of alkyl halides is 2. The largest absolute Gasteiger partial charge is 0.434 e. The number of aromatic nitrogens is 2. The van der Waals surface area contributed by atoms with Gasteiger partial charge in [0.15, 0.2) is 0 Å². The zero-order chi connectivity index (χ0) is 15.4. The van der Waals surface area contributed by atoms with Gasteiger partial charge in [-0.1, -0.05) is 6.07 Å². The molecule has 4 nitrogen and oxygen atoms in total. The third kappa shape index (κ3) is 3.98. The van der Waals surface area contributed by atoms with Crippen molar-refractivity contribution in [2.45, 2.75) is 26.1 Å². The fourth-order valence-electron chi connectivity index (χ4n) is 2.01.